The van der Waals surface area contributed by atoms with E-state index in [2.05, 4.69) is 10.3 Å². The van der Waals surface area contributed by atoms with E-state index >= 15 is 0 Å². The monoisotopic (exact) mass is 417 g/mol. The van der Waals surface area contributed by atoms with Gasteiger partial charge in [0.15, 0.2) is 5.13 Å². The number of rotatable bonds is 3. The maximum absolute atomic E-state index is 13.8. The van der Waals surface area contributed by atoms with Crippen LogP contribution >= 0.6 is 11.3 Å². The highest BCUT2D eigenvalue weighted by molar-refractivity contribution is 7.22. The maximum Gasteiger partial charge on any atom is 0.266 e. The van der Waals surface area contributed by atoms with Gasteiger partial charge in [-0.2, -0.15) is 0 Å². The number of carbonyl (C=O) groups excluding carboxylic acids is 3. The van der Waals surface area contributed by atoms with Gasteiger partial charge in [-0.05, 0) is 42.5 Å². The average Bonchev–Trinajstić information content (AvgIpc) is 3.28. The smallest absolute Gasteiger partial charge is 0.266 e. The van der Waals surface area contributed by atoms with E-state index in [1.807, 2.05) is 0 Å². The summed E-state index contributed by atoms with van der Waals surface area (Å²) in [5, 5.41) is 2.90. The van der Waals surface area contributed by atoms with Crippen molar-refractivity contribution in [1.82, 2.24) is 4.98 Å². The first-order chi connectivity index (χ1) is 14.5. The van der Waals surface area contributed by atoms with Gasteiger partial charge >= 0.3 is 0 Å². The lowest BCUT2D eigenvalue weighted by Crippen LogP contribution is -2.29. The molecule has 3 amide bonds. The molecule has 0 spiro atoms. The maximum atomic E-state index is 13.8. The zero-order chi connectivity index (χ0) is 20.8. The molecule has 30 heavy (non-hydrogen) atoms. The number of benzene rings is 3. The predicted octanol–water partition coefficient (Wildman–Crippen LogP) is 4.49. The summed E-state index contributed by atoms with van der Waals surface area (Å²) in [6.07, 6.45) is 0. The van der Waals surface area contributed by atoms with Crippen molar-refractivity contribution in [2.45, 2.75) is 0 Å². The van der Waals surface area contributed by atoms with Crippen LogP contribution in [-0.4, -0.2) is 22.7 Å². The van der Waals surface area contributed by atoms with Crippen LogP contribution in [0.4, 0.5) is 15.2 Å². The molecule has 146 valence electrons. The summed E-state index contributed by atoms with van der Waals surface area (Å²) in [4.78, 5) is 43.2. The highest BCUT2D eigenvalue weighted by Gasteiger charge is 2.36. The minimum Gasteiger partial charge on any atom is -0.298 e. The second-order valence-electron chi connectivity index (χ2n) is 6.60. The number of amides is 3. The molecule has 0 saturated heterocycles. The van der Waals surface area contributed by atoms with Gasteiger partial charge in [-0.3, -0.25) is 19.7 Å². The number of para-hydroxylation sites is 1. The van der Waals surface area contributed by atoms with Crippen molar-refractivity contribution in [1.29, 1.82) is 0 Å². The first-order valence-corrected chi connectivity index (χ1v) is 9.79. The number of nitrogens with one attached hydrogen (secondary N) is 1. The average molecular weight is 417 g/mol. The second kappa shape index (κ2) is 6.85. The molecule has 0 saturated carbocycles. The molecule has 2 heterocycles. The molecular formula is C22H12FN3O3S. The third kappa shape index (κ3) is 2.85. The minimum atomic E-state index is -0.479. The van der Waals surface area contributed by atoms with Crippen molar-refractivity contribution >= 4 is 50.1 Å². The summed E-state index contributed by atoms with van der Waals surface area (Å²) in [6.45, 7) is 0. The van der Waals surface area contributed by atoms with Crippen molar-refractivity contribution in [3.63, 3.8) is 0 Å². The van der Waals surface area contributed by atoms with Gasteiger partial charge in [-0.15, -0.1) is 0 Å². The van der Waals surface area contributed by atoms with E-state index in [0.29, 0.717) is 21.5 Å². The van der Waals surface area contributed by atoms with E-state index < -0.39 is 23.5 Å². The molecule has 1 aromatic heterocycles. The fraction of sp³-hybridized carbons (Fsp3) is 0. The zero-order valence-corrected chi connectivity index (χ0v) is 16.1. The molecule has 0 radical (unpaired) electrons. The number of hydrogen-bond donors (Lipinski definition) is 1. The predicted molar refractivity (Wildman–Crippen MR) is 112 cm³/mol. The lowest BCUT2D eigenvalue weighted by molar-refractivity contribution is 0.0924. The number of nitrogens with zero attached hydrogens (tertiary/aromatic N) is 2. The highest BCUT2D eigenvalue weighted by Crippen LogP contribution is 2.30. The molecule has 8 heteroatoms. The van der Waals surface area contributed by atoms with Gasteiger partial charge in [0.1, 0.15) is 11.3 Å². The fourth-order valence-corrected chi connectivity index (χ4v) is 4.22. The van der Waals surface area contributed by atoms with Crippen LogP contribution in [0.5, 0.6) is 0 Å². The Kier molecular flexibility index (Phi) is 4.14. The SMILES string of the molecule is O=C(Nc1nc2c(F)cccc2s1)c1cccc(N2C(=O)c3ccccc3C2=O)c1. The normalized spacial score (nSPS) is 13.0. The van der Waals surface area contributed by atoms with Crippen LogP contribution < -0.4 is 10.2 Å². The summed E-state index contributed by atoms with van der Waals surface area (Å²) >= 11 is 1.15. The molecule has 0 atom stereocenters. The largest absolute Gasteiger partial charge is 0.298 e. The Bertz CT molecular complexity index is 1330. The van der Waals surface area contributed by atoms with Crippen LogP contribution in [0.2, 0.25) is 0 Å². The molecule has 0 unspecified atom stereocenters. The van der Waals surface area contributed by atoms with E-state index in [9.17, 15) is 18.8 Å². The van der Waals surface area contributed by atoms with Gasteiger partial charge in [0.05, 0.1) is 21.5 Å². The standard InChI is InChI=1S/C22H12FN3O3S/c23-16-9-4-10-17-18(16)24-22(30-17)25-19(27)12-5-3-6-13(11-12)26-20(28)14-7-1-2-8-15(14)21(26)29/h1-11H,(H,24,25,27). The van der Waals surface area contributed by atoms with Crippen LogP contribution in [0, 0.1) is 5.82 Å². The lowest BCUT2D eigenvalue weighted by atomic mass is 10.1. The summed E-state index contributed by atoms with van der Waals surface area (Å²) in [5.41, 5.74) is 1.38. The Morgan fingerprint density at radius 1 is 0.933 bits per heavy atom. The number of thiazole rings is 1. The van der Waals surface area contributed by atoms with E-state index in [0.717, 1.165) is 16.2 Å². The van der Waals surface area contributed by atoms with E-state index in [1.165, 1.54) is 12.1 Å². The molecular weight excluding hydrogens is 405 g/mol. The van der Waals surface area contributed by atoms with Crippen molar-refractivity contribution in [3.05, 3.63) is 89.2 Å². The van der Waals surface area contributed by atoms with Crippen LogP contribution in [0.25, 0.3) is 10.2 Å². The van der Waals surface area contributed by atoms with E-state index in [1.54, 1.807) is 54.6 Å². The number of hydrogen-bond acceptors (Lipinski definition) is 5. The topological polar surface area (TPSA) is 79.4 Å². The summed E-state index contributed by atoms with van der Waals surface area (Å²) < 4.78 is 14.4. The molecule has 6 nitrogen and oxygen atoms in total. The molecule has 4 aromatic rings. The van der Waals surface area contributed by atoms with Gasteiger partial charge in [0.2, 0.25) is 0 Å². The van der Waals surface area contributed by atoms with Gasteiger partial charge in [0.25, 0.3) is 17.7 Å². The Labute approximate surface area is 173 Å². The summed E-state index contributed by atoms with van der Waals surface area (Å²) in [7, 11) is 0. The third-order valence-electron chi connectivity index (χ3n) is 4.75. The number of anilines is 2. The number of fused-ring (bicyclic) bond motifs is 2. The Balaban J connectivity index is 1.43. The molecule has 5 rings (SSSR count). The van der Waals surface area contributed by atoms with Crippen LogP contribution in [0.15, 0.2) is 66.7 Å². The van der Waals surface area contributed by atoms with Crippen LogP contribution in [-0.2, 0) is 0 Å². The van der Waals surface area contributed by atoms with Crippen molar-refractivity contribution < 1.29 is 18.8 Å². The zero-order valence-electron chi connectivity index (χ0n) is 15.3. The molecule has 0 aliphatic carbocycles. The lowest BCUT2D eigenvalue weighted by Gasteiger charge is -2.14. The molecule has 1 N–H and O–H groups in total. The third-order valence-corrected chi connectivity index (χ3v) is 5.69. The number of carbonyl (C=O) groups is 3. The molecule has 3 aromatic carbocycles. The van der Waals surface area contributed by atoms with E-state index in [4.69, 9.17) is 0 Å². The Hall–Kier alpha value is -3.91. The Morgan fingerprint density at radius 2 is 1.63 bits per heavy atom. The van der Waals surface area contributed by atoms with Gasteiger partial charge in [-0.25, -0.2) is 14.3 Å². The number of halogens is 1. The number of imide groups is 1. The molecule has 1 aliphatic rings. The highest BCUT2D eigenvalue weighted by atomic mass is 32.1. The quantitative estimate of drug-likeness (QED) is 0.498. The van der Waals surface area contributed by atoms with E-state index in [-0.39, 0.29) is 16.2 Å². The second-order valence-corrected chi connectivity index (χ2v) is 7.63. The molecule has 0 fully saturated rings. The first kappa shape index (κ1) is 18.1. The molecule has 1 aliphatic heterocycles. The van der Waals surface area contributed by atoms with Crippen LogP contribution in [0.3, 0.4) is 0 Å². The van der Waals surface area contributed by atoms with Crippen molar-refractivity contribution in [2.24, 2.45) is 0 Å². The summed E-state index contributed by atoms with van der Waals surface area (Å²) in [5.74, 6) is -1.81. The Morgan fingerprint density at radius 3 is 2.33 bits per heavy atom. The van der Waals surface area contributed by atoms with Gasteiger partial charge in [-0.1, -0.05) is 35.6 Å². The molecule has 0 bridgehead atoms. The number of aromatic nitrogens is 1. The van der Waals surface area contributed by atoms with Gasteiger partial charge in [0, 0.05) is 5.56 Å². The minimum absolute atomic E-state index is 0.192. The van der Waals surface area contributed by atoms with Crippen LogP contribution in [0.1, 0.15) is 31.1 Å². The first-order valence-electron chi connectivity index (χ1n) is 8.97. The van der Waals surface area contributed by atoms with Gasteiger partial charge < -0.3 is 0 Å². The fourth-order valence-electron chi connectivity index (χ4n) is 3.35. The summed E-state index contributed by atoms with van der Waals surface area (Å²) in [6, 6.07) is 17.4. The van der Waals surface area contributed by atoms with Crippen molar-refractivity contribution in [2.75, 3.05) is 10.2 Å². The van der Waals surface area contributed by atoms with Crippen molar-refractivity contribution in [3.8, 4) is 0 Å².